The number of phenolic OH excluding ortho intramolecular Hbond substituents is 1. The van der Waals surface area contributed by atoms with Crippen molar-refractivity contribution in [1.29, 1.82) is 0 Å². The molecule has 0 radical (unpaired) electrons. The lowest BCUT2D eigenvalue weighted by Crippen LogP contribution is -2.36. The quantitative estimate of drug-likeness (QED) is 0.210. The molecule has 2 aromatic rings. The van der Waals surface area contributed by atoms with Gasteiger partial charge in [0.1, 0.15) is 5.75 Å². The minimum absolute atomic E-state index is 0.229. The minimum Gasteiger partial charge on any atom is -0.508 e. The van der Waals surface area contributed by atoms with Crippen molar-refractivity contribution in [2.45, 2.75) is 10.1 Å². The highest BCUT2D eigenvalue weighted by Gasteiger charge is 2.61. The number of hydrogen-bond acceptors (Lipinski definition) is 7. The number of aliphatic hydroxyl groups is 1. The molecule has 0 saturated carbocycles. The summed E-state index contributed by atoms with van der Waals surface area (Å²) in [4.78, 5) is 71.7. The van der Waals surface area contributed by atoms with Crippen LogP contribution >= 0.6 is 30.4 Å². The van der Waals surface area contributed by atoms with Crippen LogP contribution in [0, 0.1) is 0 Å². The molecule has 0 saturated heterocycles. The maximum Gasteiger partial charge on any atom is 0.374 e. The molecule has 0 aliphatic heterocycles. The van der Waals surface area contributed by atoms with E-state index in [4.69, 9.17) is 50.0 Å². The van der Waals surface area contributed by atoms with Crippen LogP contribution in [0.1, 0.15) is 11.1 Å². The molecule has 0 atom stereocenters. The Balaban J connectivity index is 0.000000331. The molecule has 186 valence electrons. The lowest BCUT2D eigenvalue weighted by molar-refractivity contribution is 0.131. The summed E-state index contributed by atoms with van der Waals surface area (Å²) in [6.45, 7) is 0. The van der Waals surface area contributed by atoms with Crippen molar-refractivity contribution in [2.24, 2.45) is 5.73 Å². The predicted molar refractivity (Wildman–Crippen MR) is 112 cm³/mol. The number of rotatable bonds is 6. The Morgan fingerprint density at radius 2 is 0.939 bits per heavy atom. The standard InChI is InChI=1S/C7H11NO7P2.C7H10O7P2/c8-7(16(10,11)12,17(13,14)15)5-1-3-6(9)4-2-5;8-7(15(9,10)11,16(12,13)14)6-4-2-1-3-5-6/h1-4,9H,8H2,(H2,10,11,12)(H2,13,14,15);1-5,8H,(H2,9,10,11)(H2,12,13,14). The van der Waals surface area contributed by atoms with Crippen molar-refractivity contribution < 1.29 is 67.6 Å². The molecule has 2 rings (SSSR count). The van der Waals surface area contributed by atoms with Crippen molar-refractivity contribution in [3.63, 3.8) is 0 Å². The third-order valence-electron chi connectivity index (χ3n) is 4.15. The molecule has 33 heavy (non-hydrogen) atoms. The number of nitrogens with two attached hydrogens (primary N) is 1. The highest BCUT2D eigenvalue weighted by molar-refractivity contribution is 7.71. The molecule has 0 fully saturated rings. The summed E-state index contributed by atoms with van der Waals surface area (Å²) in [5.41, 5.74) is 4.22. The lowest BCUT2D eigenvalue weighted by Gasteiger charge is -2.30. The molecule has 0 heterocycles. The molecular formula is C14H21NO14P4. The summed E-state index contributed by atoms with van der Waals surface area (Å²) in [7, 11) is -21.5. The number of hydrogen-bond donors (Lipinski definition) is 11. The second-order valence-electron chi connectivity index (χ2n) is 6.45. The van der Waals surface area contributed by atoms with Gasteiger partial charge in [-0.25, -0.2) is 0 Å². The van der Waals surface area contributed by atoms with Gasteiger partial charge in [0, 0.05) is 5.56 Å². The van der Waals surface area contributed by atoms with Crippen LogP contribution in [0.25, 0.3) is 0 Å². The van der Waals surface area contributed by atoms with Gasteiger partial charge >= 0.3 is 30.4 Å². The molecule has 0 aromatic heterocycles. The third kappa shape index (κ3) is 6.07. The summed E-state index contributed by atoms with van der Waals surface area (Å²) in [6, 6.07) is 10.0. The Kier molecular flexibility index (Phi) is 8.84. The molecule has 0 aliphatic rings. The Labute approximate surface area is 185 Å². The van der Waals surface area contributed by atoms with Gasteiger partial charge < -0.3 is 55.1 Å². The number of benzene rings is 2. The summed E-state index contributed by atoms with van der Waals surface area (Å²) >= 11 is 0. The van der Waals surface area contributed by atoms with E-state index in [2.05, 4.69) is 0 Å². The van der Waals surface area contributed by atoms with Gasteiger partial charge in [-0.05, 0) is 17.7 Å². The molecule has 12 N–H and O–H groups in total. The fourth-order valence-electron chi connectivity index (χ4n) is 2.38. The lowest BCUT2D eigenvalue weighted by atomic mass is 10.2. The number of phenols is 1. The monoisotopic (exact) mass is 551 g/mol. The molecule has 0 bridgehead atoms. The predicted octanol–water partition coefficient (Wildman–Crippen LogP) is -0.0388. The third-order valence-corrected chi connectivity index (χ3v) is 11.7. The van der Waals surface area contributed by atoms with Crippen molar-refractivity contribution in [2.75, 3.05) is 0 Å². The largest absolute Gasteiger partial charge is 0.508 e. The maximum absolute atomic E-state index is 11.2. The Bertz CT molecular complexity index is 1100. The smallest absolute Gasteiger partial charge is 0.374 e. The number of aromatic hydroxyl groups is 1. The second kappa shape index (κ2) is 9.79. The maximum atomic E-state index is 11.2. The molecule has 2 aromatic carbocycles. The van der Waals surface area contributed by atoms with Crippen molar-refractivity contribution >= 4 is 30.4 Å². The van der Waals surface area contributed by atoms with Gasteiger partial charge in [-0.3, -0.25) is 18.3 Å². The summed E-state index contributed by atoms with van der Waals surface area (Å²) in [6.07, 6.45) is 0. The molecular weight excluding hydrogens is 530 g/mol. The zero-order chi connectivity index (χ0) is 26.1. The van der Waals surface area contributed by atoms with Gasteiger partial charge in [-0.15, -0.1) is 0 Å². The molecule has 15 nitrogen and oxygen atoms in total. The first-order chi connectivity index (χ1) is 14.6. The van der Waals surface area contributed by atoms with Crippen LogP contribution in [0.3, 0.4) is 0 Å². The summed E-state index contributed by atoms with van der Waals surface area (Å²) < 4.78 is 44.5. The topological polar surface area (TPSA) is 297 Å². The molecule has 19 heteroatoms. The molecule has 0 aliphatic carbocycles. The first-order valence-electron chi connectivity index (χ1n) is 8.19. The van der Waals surface area contributed by atoms with Gasteiger partial charge in [0.15, 0.2) is 0 Å². The van der Waals surface area contributed by atoms with Crippen LogP contribution in [0.2, 0.25) is 0 Å². The van der Waals surface area contributed by atoms with E-state index in [1.807, 2.05) is 0 Å². The zero-order valence-electron chi connectivity index (χ0n) is 16.2. The average Bonchev–Trinajstić information content (AvgIpc) is 2.65. The minimum atomic E-state index is -5.44. The van der Waals surface area contributed by atoms with Crippen LogP contribution in [0.15, 0.2) is 54.6 Å². The van der Waals surface area contributed by atoms with E-state index in [-0.39, 0.29) is 5.75 Å². The van der Waals surface area contributed by atoms with Crippen molar-refractivity contribution in [3.8, 4) is 5.75 Å². The highest BCUT2D eigenvalue weighted by Crippen LogP contribution is 2.73. The molecule has 0 unspecified atom stereocenters. The van der Waals surface area contributed by atoms with Crippen molar-refractivity contribution in [1.82, 2.24) is 0 Å². The Morgan fingerprint density at radius 3 is 1.24 bits per heavy atom. The van der Waals surface area contributed by atoms with E-state index >= 15 is 0 Å². The van der Waals surface area contributed by atoms with Gasteiger partial charge in [-0.2, -0.15) is 0 Å². The average molecular weight is 551 g/mol. The Hall–Kier alpha value is -1.24. The van der Waals surface area contributed by atoms with E-state index in [0.29, 0.717) is 0 Å². The van der Waals surface area contributed by atoms with E-state index in [0.717, 1.165) is 36.4 Å². The van der Waals surface area contributed by atoms with Gasteiger partial charge in [0.2, 0.25) is 5.02 Å². The van der Waals surface area contributed by atoms with Gasteiger partial charge in [0.25, 0.3) is 5.08 Å². The van der Waals surface area contributed by atoms with Gasteiger partial charge in [-0.1, -0.05) is 42.5 Å². The van der Waals surface area contributed by atoms with Crippen LogP contribution in [-0.4, -0.2) is 49.4 Å². The SMILES string of the molecule is NC(c1ccc(O)cc1)(P(=O)(O)O)P(=O)(O)O.O=P(O)(O)C(O)(c1ccccc1)P(=O)(O)O. The fourth-order valence-corrected chi connectivity index (χ4v) is 7.04. The van der Waals surface area contributed by atoms with Crippen LogP contribution in [0.4, 0.5) is 0 Å². The highest BCUT2D eigenvalue weighted by atomic mass is 31.2. The van der Waals surface area contributed by atoms with Crippen LogP contribution in [-0.2, 0) is 28.4 Å². The summed E-state index contributed by atoms with van der Waals surface area (Å²) in [5.74, 6) is -0.229. The fraction of sp³-hybridized carbons (Fsp3) is 0.143. The second-order valence-corrected chi connectivity index (χ2v) is 14.2. The first kappa shape index (κ1) is 29.8. The van der Waals surface area contributed by atoms with Crippen LogP contribution in [0.5, 0.6) is 5.75 Å². The van der Waals surface area contributed by atoms with E-state index in [1.54, 1.807) is 0 Å². The van der Waals surface area contributed by atoms with Gasteiger partial charge in [0.05, 0.1) is 0 Å². The normalized spacial score (nSPS) is 13.8. The molecule has 0 spiro atoms. The van der Waals surface area contributed by atoms with E-state index in [1.165, 1.54) is 18.2 Å². The Morgan fingerprint density at radius 1 is 0.576 bits per heavy atom. The van der Waals surface area contributed by atoms with E-state index in [9.17, 15) is 23.4 Å². The zero-order valence-corrected chi connectivity index (χ0v) is 19.7. The van der Waals surface area contributed by atoms with Crippen LogP contribution < -0.4 is 5.73 Å². The molecule has 0 amide bonds. The van der Waals surface area contributed by atoms with Crippen molar-refractivity contribution in [3.05, 3.63) is 65.7 Å². The van der Waals surface area contributed by atoms with E-state index < -0.39 is 51.6 Å². The summed E-state index contributed by atoms with van der Waals surface area (Å²) in [5, 5.41) is 12.0. The first-order valence-corrected chi connectivity index (χ1v) is 14.6.